The number of methoxy groups -OCH3 is 1. The monoisotopic (exact) mass is 451 g/mol. The van der Waals surface area contributed by atoms with Gasteiger partial charge in [0.1, 0.15) is 17.7 Å². The smallest absolute Gasteiger partial charge is 0.410 e. The second kappa shape index (κ2) is 10.1. The molecule has 0 aromatic carbocycles. The van der Waals surface area contributed by atoms with Crippen molar-refractivity contribution in [2.45, 2.75) is 83.4 Å². The molecule has 2 aliphatic heterocycles. The Morgan fingerprint density at radius 3 is 2.53 bits per heavy atom. The number of hydrogen-bond donors (Lipinski definition) is 2. The van der Waals surface area contributed by atoms with E-state index in [-0.39, 0.29) is 36.0 Å². The van der Waals surface area contributed by atoms with Crippen molar-refractivity contribution in [1.29, 1.82) is 0 Å². The predicted molar refractivity (Wildman–Crippen MR) is 116 cm³/mol. The number of hydrogen-bond acceptors (Lipinski definition) is 6. The van der Waals surface area contributed by atoms with Crippen LogP contribution in [0.5, 0.6) is 0 Å². The minimum absolute atomic E-state index is 0.0348. The van der Waals surface area contributed by atoms with E-state index < -0.39 is 29.7 Å². The summed E-state index contributed by atoms with van der Waals surface area (Å²) in [5.41, 5.74) is -0.672. The van der Waals surface area contributed by atoms with Crippen LogP contribution in [0.25, 0.3) is 0 Å². The maximum atomic E-state index is 13.5. The molecular formula is C23H37N3O6. The van der Waals surface area contributed by atoms with Crippen LogP contribution in [0.3, 0.4) is 0 Å². The largest absolute Gasteiger partial charge is 0.467 e. The van der Waals surface area contributed by atoms with Gasteiger partial charge in [-0.05, 0) is 64.7 Å². The molecule has 3 amide bonds. The van der Waals surface area contributed by atoms with Gasteiger partial charge in [-0.3, -0.25) is 14.5 Å². The normalized spacial score (nSPS) is 28.9. The Hall–Kier alpha value is -2.32. The molecule has 1 aliphatic carbocycles. The lowest BCUT2D eigenvalue weighted by Crippen LogP contribution is -2.54. The van der Waals surface area contributed by atoms with E-state index in [9.17, 15) is 19.2 Å². The van der Waals surface area contributed by atoms with Crippen LogP contribution in [0, 0.1) is 17.8 Å². The molecule has 5 atom stereocenters. The topological polar surface area (TPSA) is 114 Å². The van der Waals surface area contributed by atoms with Crippen molar-refractivity contribution >= 4 is 23.9 Å². The first-order chi connectivity index (χ1) is 15.1. The molecule has 32 heavy (non-hydrogen) atoms. The molecule has 2 saturated heterocycles. The van der Waals surface area contributed by atoms with Gasteiger partial charge in [0.05, 0.1) is 7.11 Å². The lowest BCUT2D eigenvalue weighted by molar-refractivity contribution is -0.146. The lowest BCUT2D eigenvalue weighted by atomic mass is 9.78. The van der Waals surface area contributed by atoms with Crippen molar-refractivity contribution in [2.75, 3.05) is 20.2 Å². The fraction of sp³-hybridized carbons (Fsp3) is 0.826. The first-order valence-electron chi connectivity index (χ1n) is 11.8. The van der Waals surface area contributed by atoms with Crippen molar-refractivity contribution in [2.24, 2.45) is 17.8 Å². The molecule has 9 heteroatoms. The number of nitrogens with zero attached hydrogens (tertiary/aromatic N) is 1. The summed E-state index contributed by atoms with van der Waals surface area (Å²) in [6, 6.07) is -1.63. The molecule has 3 rings (SSSR count). The lowest BCUT2D eigenvalue weighted by Gasteiger charge is -2.32. The third-order valence-electron chi connectivity index (χ3n) is 6.76. The number of piperidine rings is 1. The van der Waals surface area contributed by atoms with E-state index in [1.54, 1.807) is 20.8 Å². The molecule has 0 radical (unpaired) electrons. The zero-order valence-electron chi connectivity index (χ0n) is 19.6. The van der Waals surface area contributed by atoms with Crippen LogP contribution < -0.4 is 10.6 Å². The van der Waals surface area contributed by atoms with Crippen LogP contribution in [0.4, 0.5) is 4.79 Å². The molecule has 180 valence electrons. The molecule has 9 nitrogen and oxygen atoms in total. The summed E-state index contributed by atoms with van der Waals surface area (Å²) >= 11 is 0. The summed E-state index contributed by atoms with van der Waals surface area (Å²) in [7, 11) is 1.27. The van der Waals surface area contributed by atoms with E-state index in [4.69, 9.17) is 9.47 Å². The number of fused-ring (bicyclic) bond motifs is 1. The van der Waals surface area contributed by atoms with Crippen LogP contribution in [0.15, 0.2) is 0 Å². The summed E-state index contributed by atoms with van der Waals surface area (Å²) < 4.78 is 10.5. The number of rotatable bonds is 5. The Balaban J connectivity index is 1.77. The Bertz CT molecular complexity index is 734. The van der Waals surface area contributed by atoms with Gasteiger partial charge in [0, 0.05) is 19.0 Å². The Morgan fingerprint density at radius 2 is 1.88 bits per heavy atom. The first-order valence-corrected chi connectivity index (χ1v) is 11.8. The summed E-state index contributed by atoms with van der Waals surface area (Å²) in [5.74, 6) is -1.15. The number of ether oxygens (including phenoxy) is 2. The quantitative estimate of drug-likeness (QED) is 0.618. The maximum absolute atomic E-state index is 13.5. The number of nitrogens with one attached hydrogen (secondary N) is 2. The zero-order valence-corrected chi connectivity index (χ0v) is 19.6. The third kappa shape index (κ3) is 5.72. The second-order valence-electron chi connectivity index (χ2n) is 10.2. The van der Waals surface area contributed by atoms with E-state index in [2.05, 4.69) is 10.6 Å². The van der Waals surface area contributed by atoms with Gasteiger partial charge in [-0.25, -0.2) is 9.59 Å². The molecule has 0 aromatic heterocycles. The summed E-state index contributed by atoms with van der Waals surface area (Å²) in [5, 5.41) is 5.63. The maximum Gasteiger partial charge on any atom is 0.410 e. The summed E-state index contributed by atoms with van der Waals surface area (Å²) in [4.78, 5) is 52.6. The Labute approximate surface area is 189 Å². The van der Waals surface area contributed by atoms with Gasteiger partial charge in [-0.15, -0.1) is 0 Å². The van der Waals surface area contributed by atoms with Crippen molar-refractivity contribution in [3.63, 3.8) is 0 Å². The first kappa shape index (κ1) is 24.3. The highest BCUT2D eigenvalue weighted by Gasteiger charge is 2.50. The van der Waals surface area contributed by atoms with Crippen molar-refractivity contribution in [3.8, 4) is 0 Å². The minimum Gasteiger partial charge on any atom is -0.467 e. The molecule has 3 fully saturated rings. The van der Waals surface area contributed by atoms with E-state index in [0.717, 1.165) is 32.1 Å². The molecule has 2 N–H and O–H groups in total. The fourth-order valence-corrected chi connectivity index (χ4v) is 5.28. The van der Waals surface area contributed by atoms with Gasteiger partial charge in [0.2, 0.25) is 11.8 Å². The van der Waals surface area contributed by atoms with E-state index in [0.29, 0.717) is 19.5 Å². The van der Waals surface area contributed by atoms with Gasteiger partial charge in [0.25, 0.3) is 0 Å². The summed E-state index contributed by atoms with van der Waals surface area (Å²) in [6.07, 6.45) is 5.08. The molecule has 1 saturated carbocycles. The van der Waals surface area contributed by atoms with Crippen LogP contribution in [0.2, 0.25) is 0 Å². The zero-order chi connectivity index (χ0) is 23.5. The van der Waals surface area contributed by atoms with Crippen LogP contribution >= 0.6 is 0 Å². The molecule has 3 aliphatic rings. The van der Waals surface area contributed by atoms with Gasteiger partial charge in [-0.2, -0.15) is 0 Å². The van der Waals surface area contributed by atoms with Crippen LogP contribution in [-0.2, 0) is 23.9 Å². The SMILES string of the molecule is COC(=O)[C@H](C[C@@H]1CCCNC1=O)NC(=O)[C@@H]1[C@H]2CCCC[C@H]2CN1C(=O)OC(C)(C)C. The number of likely N-dealkylation sites (tertiary alicyclic amines) is 1. The van der Waals surface area contributed by atoms with E-state index >= 15 is 0 Å². The minimum atomic E-state index is -0.940. The van der Waals surface area contributed by atoms with E-state index in [1.165, 1.54) is 12.0 Å². The fourth-order valence-electron chi connectivity index (χ4n) is 5.28. The Kier molecular flexibility index (Phi) is 7.67. The molecule has 2 heterocycles. The molecular weight excluding hydrogens is 414 g/mol. The number of carbonyl (C=O) groups excluding carboxylic acids is 4. The van der Waals surface area contributed by atoms with Gasteiger partial charge in [0.15, 0.2) is 0 Å². The van der Waals surface area contributed by atoms with Crippen molar-refractivity contribution < 1.29 is 28.7 Å². The third-order valence-corrected chi connectivity index (χ3v) is 6.76. The highest BCUT2D eigenvalue weighted by Crippen LogP contribution is 2.41. The number of amides is 3. The standard InChI is InChI=1S/C23H37N3O6/c1-23(2,3)32-22(30)26-13-15-8-5-6-10-16(15)18(26)20(28)25-17(21(29)31-4)12-14-9-7-11-24-19(14)27/h14-18H,5-13H2,1-4H3,(H,24,27)(H,25,28)/t14-,15-,16-,17-,18-/m0/s1. The highest BCUT2D eigenvalue weighted by molar-refractivity contribution is 5.91. The predicted octanol–water partition coefficient (Wildman–Crippen LogP) is 1.99. The molecule has 0 spiro atoms. The highest BCUT2D eigenvalue weighted by atomic mass is 16.6. The molecule has 0 bridgehead atoms. The van der Waals surface area contributed by atoms with Crippen LogP contribution in [0.1, 0.15) is 65.7 Å². The van der Waals surface area contributed by atoms with Crippen molar-refractivity contribution in [1.82, 2.24) is 15.5 Å². The Morgan fingerprint density at radius 1 is 1.16 bits per heavy atom. The molecule has 0 unspecified atom stereocenters. The second-order valence-corrected chi connectivity index (χ2v) is 10.2. The van der Waals surface area contributed by atoms with Crippen molar-refractivity contribution in [3.05, 3.63) is 0 Å². The van der Waals surface area contributed by atoms with Gasteiger partial charge >= 0.3 is 12.1 Å². The summed E-state index contributed by atoms with van der Waals surface area (Å²) in [6.45, 7) is 6.50. The van der Waals surface area contributed by atoms with Gasteiger partial charge < -0.3 is 20.1 Å². The number of carbonyl (C=O) groups is 4. The number of esters is 1. The van der Waals surface area contributed by atoms with Gasteiger partial charge in [-0.1, -0.05) is 12.8 Å². The van der Waals surface area contributed by atoms with E-state index in [1.807, 2.05) is 0 Å². The average Bonchev–Trinajstić information content (AvgIpc) is 3.13. The molecule has 0 aromatic rings. The average molecular weight is 452 g/mol. The van der Waals surface area contributed by atoms with Crippen LogP contribution in [-0.4, -0.2) is 66.7 Å².